The molecule has 0 atom stereocenters. The smallest absolute Gasteiger partial charge is 0.0704 e. The van der Waals surface area contributed by atoms with Crippen LogP contribution in [0.5, 0.6) is 0 Å². The van der Waals surface area contributed by atoms with Crippen LogP contribution in [0.4, 0.5) is 0 Å². The Morgan fingerprint density at radius 2 is 1.43 bits per heavy atom. The minimum Gasteiger partial charge on any atom is -0.256 e. The molecule has 2 aromatic carbocycles. The molecule has 0 saturated carbocycles. The van der Waals surface area contributed by atoms with Gasteiger partial charge in [-0.2, -0.15) is 0 Å². The van der Waals surface area contributed by atoms with Crippen molar-refractivity contribution in [3.8, 4) is 22.4 Å². The molecule has 1 heterocycles. The summed E-state index contributed by atoms with van der Waals surface area (Å²) in [5, 5.41) is 0. The standard InChI is InChI=1S/C22H23N/c1-22(2,3)16-17-13-14-23-21(15-17)20-11-9-19(10-12-20)18-7-5-4-6-8-18/h4-15H,16H2,1-3H3/i16D2. The Bertz CT molecular complexity index is 847. The number of hydrogen-bond acceptors (Lipinski definition) is 1. The second-order valence-corrected chi connectivity index (χ2v) is 6.75. The molecular weight excluding hydrogens is 278 g/mol. The lowest BCUT2D eigenvalue weighted by Gasteiger charge is -2.18. The van der Waals surface area contributed by atoms with Gasteiger partial charge in [0.2, 0.25) is 0 Å². The first-order chi connectivity index (χ1) is 11.8. The van der Waals surface area contributed by atoms with Crippen LogP contribution in [0.2, 0.25) is 0 Å². The summed E-state index contributed by atoms with van der Waals surface area (Å²) in [6.07, 6.45) is 0.272. The van der Waals surface area contributed by atoms with Crippen LogP contribution in [-0.4, -0.2) is 4.98 Å². The minimum absolute atomic E-state index is 0.483. The van der Waals surface area contributed by atoms with Gasteiger partial charge in [-0.1, -0.05) is 75.4 Å². The molecule has 0 saturated heterocycles. The van der Waals surface area contributed by atoms with Crippen molar-refractivity contribution < 1.29 is 2.74 Å². The molecule has 0 aliphatic heterocycles. The maximum absolute atomic E-state index is 8.46. The number of nitrogens with zero attached hydrogens (tertiary/aromatic N) is 1. The van der Waals surface area contributed by atoms with E-state index in [2.05, 4.69) is 29.2 Å². The van der Waals surface area contributed by atoms with E-state index in [1.807, 2.05) is 57.2 Å². The van der Waals surface area contributed by atoms with E-state index >= 15 is 0 Å². The lowest BCUT2D eigenvalue weighted by Crippen LogP contribution is -2.09. The molecule has 1 nitrogen and oxygen atoms in total. The predicted octanol–water partition coefficient (Wildman–Crippen LogP) is 6.00. The lowest BCUT2D eigenvalue weighted by molar-refractivity contribution is 0.411. The molecule has 0 N–H and O–H groups in total. The number of pyridine rings is 1. The van der Waals surface area contributed by atoms with Gasteiger partial charge in [0.05, 0.1) is 5.69 Å². The molecule has 1 aromatic heterocycles. The summed E-state index contributed by atoms with van der Waals surface area (Å²) < 4.78 is 16.9. The van der Waals surface area contributed by atoms with Crippen molar-refractivity contribution in [2.24, 2.45) is 5.41 Å². The SMILES string of the molecule is [2H]C([2H])(c1ccnc(-c2ccc(-c3ccccc3)cc2)c1)C(C)(C)C. The van der Waals surface area contributed by atoms with Gasteiger partial charge >= 0.3 is 0 Å². The summed E-state index contributed by atoms with van der Waals surface area (Å²) in [6, 6.07) is 22.1. The van der Waals surface area contributed by atoms with Crippen LogP contribution < -0.4 is 0 Å². The van der Waals surface area contributed by atoms with E-state index in [4.69, 9.17) is 2.74 Å². The van der Waals surface area contributed by atoms with Crippen LogP contribution in [-0.2, 0) is 6.37 Å². The van der Waals surface area contributed by atoms with Crippen LogP contribution in [0.1, 0.15) is 29.1 Å². The van der Waals surface area contributed by atoms with Crippen LogP contribution in [0.15, 0.2) is 72.9 Å². The van der Waals surface area contributed by atoms with E-state index < -0.39 is 11.8 Å². The summed E-state index contributed by atoms with van der Waals surface area (Å²) in [6.45, 7) is 5.76. The molecular formula is C22H23N. The van der Waals surface area contributed by atoms with Gasteiger partial charge in [0.1, 0.15) is 0 Å². The van der Waals surface area contributed by atoms with Gasteiger partial charge in [-0.3, -0.25) is 4.98 Å². The van der Waals surface area contributed by atoms with Gasteiger partial charge in [-0.25, -0.2) is 0 Å². The molecule has 0 aliphatic rings. The fourth-order valence-electron chi connectivity index (χ4n) is 2.56. The third-order valence-corrected chi connectivity index (χ3v) is 3.57. The summed E-state index contributed by atoms with van der Waals surface area (Å²) >= 11 is 0. The highest BCUT2D eigenvalue weighted by Crippen LogP contribution is 2.26. The number of hydrogen-bond donors (Lipinski definition) is 0. The average Bonchev–Trinajstić information content (AvgIpc) is 2.62. The second-order valence-electron chi connectivity index (χ2n) is 6.75. The van der Waals surface area contributed by atoms with E-state index in [9.17, 15) is 0 Å². The zero-order valence-corrected chi connectivity index (χ0v) is 13.9. The van der Waals surface area contributed by atoms with E-state index in [0.717, 1.165) is 16.8 Å². The molecule has 23 heavy (non-hydrogen) atoms. The molecule has 116 valence electrons. The minimum atomic E-state index is -1.42. The second kappa shape index (κ2) is 6.37. The third-order valence-electron chi connectivity index (χ3n) is 3.57. The highest BCUT2D eigenvalue weighted by atomic mass is 14.7. The van der Waals surface area contributed by atoms with Crippen LogP contribution >= 0.6 is 0 Å². The van der Waals surface area contributed by atoms with Gasteiger partial charge in [-0.15, -0.1) is 0 Å². The molecule has 0 unspecified atom stereocenters. The lowest BCUT2D eigenvalue weighted by atomic mass is 9.88. The largest absolute Gasteiger partial charge is 0.256 e. The summed E-state index contributed by atoms with van der Waals surface area (Å²) in [5.41, 5.74) is 4.31. The van der Waals surface area contributed by atoms with Gasteiger partial charge in [0.25, 0.3) is 0 Å². The first-order valence-electron chi connectivity index (χ1n) is 8.91. The zero-order valence-electron chi connectivity index (χ0n) is 15.9. The molecule has 1 heteroatoms. The maximum Gasteiger partial charge on any atom is 0.0704 e. The van der Waals surface area contributed by atoms with Crippen molar-refractivity contribution in [3.05, 3.63) is 78.5 Å². The van der Waals surface area contributed by atoms with Crippen molar-refractivity contribution >= 4 is 0 Å². The highest BCUT2D eigenvalue weighted by molar-refractivity contribution is 5.68. The Hall–Kier alpha value is -2.41. The predicted molar refractivity (Wildman–Crippen MR) is 98.3 cm³/mol. The van der Waals surface area contributed by atoms with Crippen LogP contribution in [0.25, 0.3) is 22.4 Å². The monoisotopic (exact) mass is 303 g/mol. The summed E-state index contributed by atoms with van der Waals surface area (Å²) in [7, 11) is 0. The van der Waals surface area contributed by atoms with Crippen molar-refractivity contribution in [2.45, 2.75) is 27.1 Å². The van der Waals surface area contributed by atoms with Gasteiger partial charge in [-0.05, 0) is 40.6 Å². The van der Waals surface area contributed by atoms with E-state index in [0.29, 0.717) is 5.56 Å². The Morgan fingerprint density at radius 3 is 2.09 bits per heavy atom. The molecule has 0 amide bonds. The van der Waals surface area contributed by atoms with E-state index in [1.54, 1.807) is 12.3 Å². The third kappa shape index (κ3) is 4.07. The van der Waals surface area contributed by atoms with E-state index in [-0.39, 0.29) is 0 Å². The Kier molecular flexibility index (Phi) is 3.62. The van der Waals surface area contributed by atoms with Crippen molar-refractivity contribution in [1.82, 2.24) is 4.98 Å². The first-order valence-corrected chi connectivity index (χ1v) is 7.91. The molecule has 0 spiro atoms. The van der Waals surface area contributed by atoms with Crippen LogP contribution in [0.3, 0.4) is 0 Å². The Morgan fingerprint density at radius 1 is 0.826 bits per heavy atom. The molecule has 0 aliphatic carbocycles. The van der Waals surface area contributed by atoms with Crippen LogP contribution in [0, 0.1) is 5.41 Å². The normalized spacial score (nSPS) is 13.3. The van der Waals surface area contributed by atoms with Gasteiger partial charge in [0.15, 0.2) is 0 Å². The molecule has 0 radical (unpaired) electrons. The van der Waals surface area contributed by atoms with Crippen molar-refractivity contribution in [3.63, 3.8) is 0 Å². The Balaban J connectivity index is 1.94. The first kappa shape index (κ1) is 13.1. The molecule has 3 rings (SSSR count). The van der Waals surface area contributed by atoms with Crippen molar-refractivity contribution in [2.75, 3.05) is 0 Å². The number of rotatable bonds is 3. The molecule has 0 bridgehead atoms. The van der Waals surface area contributed by atoms with Crippen molar-refractivity contribution in [1.29, 1.82) is 0 Å². The molecule has 3 aromatic rings. The Labute approximate surface area is 141 Å². The quantitative estimate of drug-likeness (QED) is 0.578. The number of benzene rings is 2. The summed E-state index contributed by atoms with van der Waals surface area (Å²) in [4.78, 5) is 4.44. The average molecular weight is 303 g/mol. The fourth-order valence-corrected chi connectivity index (χ4v) is 2.56. The number of aromatic nitrogens is 1. The topological polar surface area (TPSA) is 12.9 Å². The summed E-state index contributed by atoms with van der Waals surface area (Å²) in [5.74, 6) is 0. The van der Waals surface area contributed by atoms with E-state index in [1.165, 1.54) is 5.56 Å². The fraction of sp³-hybridized carbons (Fsp3) is 0.227. The molecule has 0 fully saturated rings. The highest BCUT2D eigenvalue weighted by Gasteiger charge is 2.12. The van der Waals surface area contributed by atoms with Gasteiger partial charge in [0, 0.05) is 14.5 Å². The maximum atomic E-state index is 8.46. The zero-order chi connectivity index (χ0) is 18.1. The van der Waals surface area contributed by atoms with Gasteiger partial charge < -0.3 is 0 Å².